The molecule has 1 aromatic heterocycles. The molecule has 0 aromatic carbocycles. The Morgan fingerprint density at radius 1 is 1.32 bits per heavy atom. The number of likely N-dealkylation sites (tertiary alicyclic amines) is 1. The fourth-order valence-corrected chi connectivity index (χ4v) is 2.81. The fourth-order valence-electron chi connectivity index (χ4n) is 2.13. The maximum absolute atomic E-state index is 12.6. The van der Waals surface area contributed by atoms with Crippen molar-refractivity contribution in [2.75, 3.05) is 41.4 Å². The minimum Gasteiger partial charge on any atom is -0.485 e. The first-order chi connectivity index (χ1) is 10.5. The molecule has 8 nitrogen and oxygen atoms in total. The van der Waals surface area contributed by atoms with E-state index in [2.05, 4.69) is 4.37 Å². The van der Waals surface area contributed by atoms with Gasteiger partial charge in [0.15, 0.2) is 5.56 Å². The Morgan fingerprint density at radius 2 is 2.05 bits per heavy atom. The predicted molar refractivity (Wildman–Crippen MR) is 79.7 cm³/mol. The summed E-state index contributed by atoms with van der Waals surface area (Å²) in [5, 5.41) is 0.413. The second-order valence-electron chi connectivity index (χ2n) is 5.00. The van der Waals surface area contributed by atoms with Gasteiger partial charge in [-0.05, 0) is 0 Å². The average molecular weight is 329 g/mol. The van der Waals surface area contributed by atoms with Gasteiger partial charge < -0.3 is 24.0 Å². The van der Waals surface area contributed by atoms with Gasteiger partial charge in [-0.2, -0.15) is 4.37 Å². The van der Waals surface area contributed by atoms with Crippen molar-refractivity contribution in [3.63, 3.8) is 0 Å². The molecule has 1 fully saturated rings. The number of rotatable bonds is 4. The van der Waals surface area contributed by atoms with E-state index in [-0.39, 0.29) is 17.9 Å². The molecule has 0 saturated carbocycles. The van der Waals surface area contributed by atoms with Crippen LogP contribution in [0.25, 0.3) is 0 Å². The Kier molecular flexibility index (Phi) is 5.07. The van der Waals surface area contributed by atoms with Gasteiger partial charge in [-0.3, -0.25) is 4.79 Å². The number of ether oxygens (including phenoxy) is 3. The van der Waals surface area contributed by atoms with Crippen molar-refractivity contribution >= 4 is 23.5 Å². The van der Waals surface area contributed by atoms with E-state index in [4.69, 9.17) is 14.2 Å². The molecule has 9 heteroatoms. The van der Waals surface area contributed by atoms with Crippen molar-refractivity contribution in [3.05, 3.63) is 5.56 Å². The zero-order chi connectivity index (χ0) is 16.3. The molecular formula is C13H19N3O5S. The third kappa shape index (κ3) is 3.24. The van der Waals surface area contributed by atoms with Gasteiger partial charge in [-0.1, -0.05) is 0 Å². The number of carbonyl (C=O) groups is 2. The van der Waals surface area contributed by atoms with Crippen LogP contribution >= 0.6 is 11.5 Å². The molecule has 0 radical (unpaired) electrons. The molecule has 1 saturated heterocycles. The molecule has 0 N–H and O–H groups in total. The van der Waals surface area contributed by atoms with Crippen LogP contribution in [0.15, 0.2) is 0 Å². The van der Waals surface area contributed by atoms with Crippen molar-refractivity contribution in [1.82, 2.24) is 14.2 Å². The molecule has 1 unspecified atom stereocenters. The largest absolute Gasteiger partial charge is 0.485 e. The van der Waals surface area contributed by atoms with Crippen LogP contribution in [0.4, 0.5) is 4.79 Å². The van der Waals surface area contributed by atoms with Crippen LogP contribution in [-0.4, -0.2) is 73.7 Å². The maximum Gasteiger partial charge on any atom is 0.409 e. The molecule has 0 aliphatic carbocycles. The average Bonchev–Trinajstić information content (AvgIpc) is 3.12. The number of carbonyl (C=O) groups excluding carboxylic acids is 2. The van der Waals surface area contributed by atoms with Gasteiger partial charge in [0.05, 0.1) is 20.8 Å². The third-order valence-corrected chi connectivity index (χ3v) is 4.08. The lowest BCUT2D eigenvalue weighted by atomic mass is 10.3. The molecule has 2 rings (SSSR count). The highest BCUT2D eigenvalue weighted by Gasteiger charge is 2.34. The Balaban J connectivity index is 2.06. The second kappa shape index (κ2) is 6.82. The Hall–Kier alpha value is -2.03. The molecule has 1 aromatic rings. The molecule has 1 aliphatic heterocycles. The van der Waals surface area contributed by atoms with Crippen LogP contribution in [-0.2, 0) is 4.74 Å². The summed E-state index contributed by atoms with van der Waals surface area (Å²) >= 11 is 1.07. The van der Waals surface area contributed by atoms with Gasteiger partial charge in [-0.25, -0.2) is 4.79 Å². The van der Waals surface area contributed by atoms with E-state index < -0.39 is 6.09 Å². The van der Waals surface area contributed by atoms with Crippen molar-refractivity contribution in [2.45, 2.75) is 12.5 Å². The SMILES string of the molecule is COc1nsc(OC)c1C(=O)N1CCC(OC(=O)N(C)C)C1. The monoisotopic (exact) mass is 329 g/mol. The van der Waals surface area contributed by atoms with E-state index in [0.29, 0.717) is 30.1 Å². The van der Waals surface area contributed by atoms with E-state index in [1.165, 1.54) is 19.1 Å². The van der Waals surface area contributed by atoms with Crippen LogP contribution in [0.3, 0.4) is 0 Å². The number of hydrogen-bond acceptors (Lipinski definition) is 7. The third-order valence-electron chi connectivity index (χ3n) is 3.29. The minimum absolute atomic E-state index is 0.231. The normalized spacial score (nSPS) is 17.3. The van der Waals surface area contributed by atoms with Gasteiger partial charge in [0.1, 0.15) is 6.10 Å². The smallest absolute Gasteiger partial charge is 0.409 e. The van der Waals surface area contributed by atoms with Gasteiger partial charge in [-0.15, -0.1) is 0 Å². The minimum atomic E-state index is -0.410. The standard InChI is InChI=1S/C13H19N3O5S/c1-15(2)13(18)21-8-5-6-16(7-8)11(17)9-10(19-3)14-22-12(9)20-4/h8H,5-7H2,1-4H3. The molecule has 0 spiro atoms. The van der Waals surface area contributed by atoms with Crippen LogP contribution in [0.2, 0.25) is 0 Å². The highest BCUT2D eigenvalue weighted by Crippen LogP contribution is 2.34. The zero-order valence-electron chi connectivity index (χ0n) is 13.0. The predicted octanol–water partition coefficient (Wildman–Crippen LogP) is 1.07. The lowest BCUT2D eigenvalue weighted by Gasteiger charge is -2.18. The molecule has 2 heterocycles. The molecule has 122 valence electrons. The lowest BCUT2D eigenvalue weighted by molar-refractivity contribution is 0.0661. The highest BCUT2D eigenvalue weighted by atomic mass is 32.1. The zero-order valence-corrected chi connectivity index (χ0v) is 13.8. The molecule has 0 bridgehead atoms. The van der Waals surface area contributed by atoms with Gasteiger partial charge in [0.25, 0.3) is 5.91 Å². The summed E-state index contributed by atoms with van der Waals surface area (Å²) in [5.74, 6) is 0.0199. The molecular weight excluding hydrogens is 310 g/mol. The van der Waals surface area contributed by atoms with Crippen molar-refractivity contribution < 1.29 is 23.8 Å². The van der Waals surface area contributed by atoms with E-state index in [1.807, 2.05) is 0 Å². The van der Waals surface area contributed by atoms with Gasteiger partial charge in [0, 0.05) is 38.6 Å². The quantitative estimate of drug-likeness (QED) is 0.822. The van der Waals surface area contributed by atoms with Crippen LogP contribution in [0, 0.1) is 0 Å². The topological polar surface area (TPSA) is 81.2 Å². The van der Waals surface area contributed by atoms with Crippen LogP contribution < -0.4 is 9.47 Å². The first-order valence-corrected chi connectivity index (χ1v) is 7.50. The summed E-state index contributed by atoms with van der Waals surface area (Å²) in [6.07, 6.45) is -0.109. The summed E-state index contributed by atoms with van der Waals surface area (Å²) in [4.78, 5) is 27.1. The molecule has 1 aliphatic rings. The van der Waals surface area contributed by atoms with E-state index in [1.54, 1.807) is 19.0 Å². The lowest BCUT2D eigenvalue weighted by Crippen LogP contribution is -2.33. The Morgan fingerprint density at radius 3 is 2.64 bits per heavy atom. The van der Waals surface area contributed by atoms with Gasteiger partial charge in [0.2, 0.25) is 10.9 Å². The van der Waals surface area contributed by atoms with Crippen LogP contribution in [0.5, 0.6) is 10.9 Å². The Bertz CT molecular complexity index is 538. The summed E-state index contributed by atoms with van der Waals surface area (Å²) in [7, 11) is 6.17. The molecule has 1 atom stereocenters. The first kappa shape index (κ1) is 16.3. The number of methoxy groups -OCH3 is 2. The Labute approximate surface area is 132 Å². The number of nitrogens with zero attached hydrogens (tertiary/aromatic N) is 3. The van der Waals surface area contributed by atoms with Crippen molar-refractivity contribution in [1.29, 1.82) is 0 Å². The van der Waals surface area contributed by atoms with Crippen molar-refractivity contribution in [3.8, 4) is 10.9 Å². The summed E-state index contributed by atoms with van der Waals surface area (Å²) in [6, 6.07) is 0. The summed E-state index contributed by atoms with van der Waals surface area (Å²) < 4.78 is 19.6. The maximum atomic E-state index is 12.6. The van der Waals surface area contributed by atoms with E-state index in [0.717, 1.165) is 11.5 Å². The summed E-state index contributed by atoms with van der Waals surface area (Å²) in [6.45, 7) is 0.854. The second-order valence-corrected chi connectivity index (χ2v) is 5.73. The molecule has 2 amide bonds. The van der Waals surface area contributed by atoms with Crippen molar-refractivity contribution in [2.24, 2.45) is 0 Å². The number of hydrogen-bond donors (Lipinski definition) is 0. The van der Waals surface area contributed by atoms with E-state index >= 15 is 0 Å². The molecule has 22 heavy (non-hydrogen) atoms. The summed E-state index contributed by atoms with van der Waals surface area (Å²) in [5.41, 5.74) is 0.314. The van der Waals surface area contributed by atoms with Gasteiger partial charge >= 0.3 is 6.09 Å². The number of aromatic nitrogens is 1. The fraction of sp³-hybridized carbons (Fsp3) is 0.615. The number of amides is 2. The van der Waals surface area contributed by atoms with E-state index in [9.17, 15) is 9.59 Å². The first-order valence-electron chi connectivity index (χ1n) is 6.72. The highest BCUT2D eigenvalue weighted by molar-refractivity contribution is 7.08. The van der Waals surface area contributed by atoms with Crippen LogP contribution in [0.1, 0.15) is 16.8 Å².